The zero-order valence-corrected chi connectivity index (χ0v) is 13.0. The van der Waals surface area contributed by atoms with Crippen molar-refractivity contribution < 1.29 is 0 Å². The summed E-state index contributed by atoms with van der Waals surface area (Å²) in [5.74, 6) is 0.740. The molecule has 0 unspecified atom stereocenters. The van der Waals surface area contributed by atoms with Gasteiger partial charge in [-0.15, -0.1) is 11.3 Å². The Bertz CT molecular complexity index is 770. The molecule has 0 bridgehead atoms. The number of aryl methyl sites for hydroxylation is 1. The Labute approximate surface area is 130 Å². The quantitative estimate of drug-likeness (QED) is 0.695. The lowest BCUT2D eigenvalue weighted by atomic mass is 10.2. The molecule has 0 atom stereocenters. The maximum absolute atomic E-state index is 6.15. The average Bonchev–Trinajstić information content (AvgIpc) is 2.77. The first-order chi connectivity index (χ1) is 9.63. The van der Waals surface area contributed by atoms with Gasteiger partial charge in [0.15, 0.2) is 0 Å². The Morgan fingerprint density at radius 2 is 2.00 bits per heavy atom. The van der Waals surface area contributed by atoms with Crippen molar-refractivity contribution in [1.82, 2.24) is 9.97 Å². The number of fused-ring (bicyclic) bond motifs is 1. The molecule has 0 aliphatic carbocycles. The molecule has 3 rings (SSSR count). The number of hydrogen-bond donors (Lipinski definition) is 1. The van der Waals surface area contributed by atoms with Gasteiger partial charge in [0.05, 0.1) is 5.39 Å². The minimum Gasteiger partial charge on any atom is -0.365 e. The van der Waals surface area contributed by atoms with Gasteiger partial charge in [0.25, 0.3) is 0 Å². The molecule has 0 radical (unpaired) electrons. The van der Waals surface area contributed by atoms with Gasteiger partial charge >= 0.3 is 0 Å². The number of hydrogen-bond acceptors (Lipinski definition) is 4. The summed E-state index contributed by atoms with van der Waals surface area (Å²) in [4.78, 5) is 10.6. The van der Waals surface area contributed by atoms with E-state index < -0.39 is 0 Å². The first-order valence-corrected chi connectivity index (χ1v) is 7.61. The van der Waals surface area contributed by atoms with Crippen LogP contribution in [0.3, 0.4) is 0 Å². The molecule has 0 aliphatic rings. The number of rotatable bonds is 3. The summed E-state index contributed by atoms with van der Waals surface area (Å²) in [5.41, 5.74) is 1.02. The van der Waals surface area contributed by atoms with Crippen LogP contribution in [0.4, 0.5) is 5.82 Å². The standard InChI is InChI=1S/C14H11Cl2N3S/c1-8-6-10-12(18-14(16)19-13(10)20-8)17-7-9-4-2-3-5-11(9)15/h2-6H,7H2,1H3,(H,17,18,19). The highest BCUT2D eigenvalue weighted by molar-refractivity contribution is 7.18. The summed E-state index contributed by atoms with van der Waals surface area (Å²) >= 11 is 13.7. The molecular weight excluding hydrogens is 313 g/mol. The Hall–Kier alpha value is -1.36. The van der Waals surface area contributed by atoms with Crippen molar-refractivity contribution in [3.63, 3.8) is 0 Å². The third-order valence-electron chi connectivity index (χ3n) is 2.89. The molecule has 20 heavy (non-hydrogen) atoms. The van der Waals surface area contributed by atoms with E-state index in [1.807, 2.05) is 31.2 Å². The van der Waals surface area contributed by atoms with Gasteiger partial charge in [0, 0.05) is 16.4 Å². The number of anilines is 1. The van der Waals surface area contributed by atoms with Crippen LogP contribution in [0.25, 0.3) is 10.2 Å². The van der Waals surface area contributed by atoms with E-state index in [0.29, 0.717) is 6.54 Å². The largest absolute Gasteiger partial charge is 0.365 e. The molecule has 0 amide bonds. The van der Waals surface area contributed by atoms with E-state index in [1.54, 1.807) is 11.3 Å². The van der Waals surface area contributed by atoms with E-state index >= 15 is 0 Å². The predicted molar refractivity (Wildman–Crippen MR) is 85.9 cm³/mol. The fraction of sp³-hybridized carbons (Fsp3) is 0.143. The molecule has 0 aliphatic heterocycles. The van der Waals surface area contributed by atoms with Gasteiger partial charge < -0.3 is 5.32 Å². The van der Waals surface area contributed by atoms with Gasteiger partial charge in [0.2, 0.25) is 5.28 Å². The highest BCUT2D eigenvalue weighted by Gasteiger charge is 2.10. The highest BCUT2D eigenvalue weighted by atomic mass is 35.5. The third kappa shape index (κ3) is 2.73. The lowest BCUT2D eigenvalue weighted by Crippen LogP contribution is -2.03. The highest BCUT2D eigenvalue weighted by Crippen LogP contribution is 2.30. The molecule has 102 valence electrons. The molecule has 3 nitrogen and oxygen atoms in total. The number of nitrogens with one attached hydrogen (secondary N) is 1. The van der Waals surface area contributed by atoms with Crippen molar-refractivity contribution >= 4 is 50.6 Å². The summed E-state index contributed by atoms with van der Waals surface area (Å²) in [5, 5.41) is 5.26. The van der Waals surface area contributed by atoms with Gasteiger partial charge in [-0.2, -0.15) is 0 Å². The zero-order valence-electron chi connectivity index (χ0n) is 10.7. The second-order valence-electron chi connectivity index (χ2n) is 4.36. The number of benzene rings is 1. The van der Waals surface area contributed by atoms with E-state index in [2.05, 4.69) is 21.4 Å². The summed E-state index contributed by atoms with van der Waals surface area (Å²) in [6, 6.07) is 9.78. The van der Waals surface area contributed by atoms with Crippen molar-refractivity contribution in [1.29, 1.82) is 0 Å². The predicted octanol–water partition coefficient (Wildman–Crippen LogP) is 4.92. The normalized spacial score (nSPS) is 10.9. The summed E-state index contributed by atoms with van der Waals surface area (Å²) < 4.78 is 0. The molecule has 6 heteroatoms. The zero-order chi connectivity index (χ0) is 14.1. The van der Waals surface area contributed by atoms with E-state index in [-0.39, 0.29) is 5.28 Å². The van der Waals surface area contributed by atoms with Crippen LogP contribution < -0.4 is 5.32 Å². The number of aromatic nitrogens is 2. The van der Waals surface area contributed by atoms with Crippen LogP contribution in [0.5, 0.6) is 0 Å². The molecule has 2 aromatic heterocycles. The average molecular weight is 324 g/mol. The second kappa shape index (κ2) is 5.56. The summed E-state index contributed by atoms with van der Waals surface area (Å²) in [7, 11) is 0. The topological polar surface area (TPSA) is 37.8 Å². The molecule has 0 saturated carbocycles. The lowest BCUT2D eigenvalue weighted by Gasteiger charge is -2.08. The van der Waals surface area contributed by atoms with Crippen molar-refractivity contribution in [2.45, 2.75) is 13.5 Å². The Morgan fingerprint density at radius 3 is 2.80 bits per heavy atom. The van der Waals surface area contributed by atoms with E-state index in [1.165, 1.54) is 4.88 Å². The minimum atomic E-state index is 0.251. The molecular formula is C14H11Cl2N3S. The maximum atomic E-state index is 6.15. The molecule has 2 heterocycles. The van der Waals surface area contributed by atoms with Gasteiger partial charge in [-0.1, -0.05) is 29.8 Å². The molecule has 0 saturated heterocycles. The van der Waals surface area contributed by atoms with Crippen molar-refractivity contribution in [2.75, 3.05) is 5.32 Å². The Morgan fingerprint density at radius 1 is 1.20 bits per heavy atom. The van der Waals surface area contributed by atoms with E-state index in [9.17, 15) is 0 Å². The van der Waals surface area contributed by atoms with Crippen LogP contribution in [0.2, 0.25) is 10.3 Å². The van der Waals surface area contributed by atoms with Crippen LogP contribution in [-0.4, -0.2) is 9.97 Å². The minimum absolute atomic E-state index is 0.251. The van der Waals surface area contributed by atoms with Crippen molar-refractivity contribution in [3.8, 4) is 0 Å². The maximum Gasteiger partial charge on any atom is 0.225 e. The Balaban J connectivity index is 1.93. The van der Waals surface area contributed by atoms with Crippen LogP contribution >= 0.6 is 34.5 Å². The van der Waals surface area contributed by atoms with E-state index in [0.717, 1.165) is 26.6 Å². The Kier molecular flexibility index (Phi) is 3.78. The van der Waals surface area contributed by atoms with E-state index in [4.69, 9.17) is 23.2 Å². The first kappa shape index (κ1) is 13.6. The van der Waals surface area contributed by atoms with Crippen LogP contribution in [0, 0.1) is 6.92 Å². The van der Waals surface area contributed by atoms with Crippen LogP contribution in [0.1, 0.15) is 10.4 Å². The number of nitrogens with zero attached hydrogens (tertiary/aromatic N) is 2. The molecule has 0 spiro atoms. The van der Waals surface area contributed by atoms with Gasteiger partial charge in [0.1, 0.15) is 10.6 Å². The molecule has 1 aromatic carbocycles. The third-order valence-corrected chi connectivity index (χ3v) is 4.37. The fourth-order valence-corrected chi connectivity index (χ4v) is 3.27. The summed E-state index contributed by atoms with van der Waals surface area (Å²) in [6.07, 6.45) is 0. The second-order valence-corrected chi connectivity index (χ2v) is 6.34. The number of thiophene rings is 1. The first-order valence-electron chi connectivity index (χ1n) is 6.04. The van der Waals surface area contributed by atoms with Gasteiger partial charge in [-0.3, -0.25) is 0 Å². The SMILES string of the molecule is Cc1cc2c(NCc3ccccc3Cl)nc(Cl)nc2s1. The van der Waals surface area contributed by atoms with Crippen molar-refractivity contribution in [3.05, 3.63) is 51.1 Å². The van der Waals surface area contributed by atoms with Crippen molar-refractivity contribution in [2.24, 2.45) is 0 Å². The van der Waals surface area contributed by atoms with Gasteiger partial charge in [-0.05, 0) is 36.2 Å². The van der Waals surface area contributed by atoms with Crippen LogP contribution in [-0.2, 0) is 6.54 Å². The molecule has 0 fully saturated rings. The number of halogens is 2. The smallest absolute Gasteiger partial charge is 0.225 e. The monoisotopic (exact) mass is 323 g/mol. The van der Waals surface area contributed by atoms with Gasteiger partial charge in [-0.25, -0.2) is 9.97 Å². The molecule has 3 aromatic rings. The molecule has 1 N–H and O–H groups in total. The fourth-order valence-electron chi connectivity index (χ4n) is 1.97. The lowest BCUT2D eigenvalue weighted by molar-refractivity contribution is 1.11. The van der Waals surface area contributed by atoms with Crippen LogP contribution in [0.15, 0.2) is 30.3 Å². The summed E-state index contributed by atoms with van der Waals surface area (Å²) in [6.45, 7) is 2.63.